The number of hydrogen-bond acceptors (Lipinski definition) is 4. The van der Waals surface area contributed by atoms with Crippen LogP contribution in [0, 0.1) is 5.92 Å². The van der Waals surface area contributed by atoms with Crippen LogP contribution in [0.25, 0.3) is 22.1 Å². The minimum atomic E-state index is -0.434. The minimum Gasteiger partial charge on any atom is -0.506 e. The van der Waals surface area contributed by atoms with E-state index in [0.717, 1.165) is 36.0 Å². The number of phenolic OH excluding ortho intramolecular Hbond substituents is 1. The molecule has 1 fully saturated rings. The van der Waals surface area contributed by atoms with Gasteiger partial charge in [-0.1, -0.05) is 48.9 Å². The summed E-state index contributed by atoms with van der Waals surface area (Å²) in [5.74, 6) is 0.606. The molecule has 1 atom stereocenters. The molecule has 1 aromatic heterocycles. The zero-order valence-corrected chi connectivity index (χ0v) is 16.0. The normalized spacial score (nSPS) is 18.1. The maximum Gasteiger partial charge on any atom is 0.336 e. The van der Waals surface area contributed by atoms with E-state index in [-0.39, 0.29) is 10.8 Å². The van der Waals surface area contributed by atoms with Crippen molar-refractivity contribution in [3.8, 4) is 16.9 Å². The highest BCUT2D eigenvalue weighted by Crippen LogP contribution is 2.39. The molecule has 2 aromatic carbocycles. The molecule has 0 amide bonds. The Labute approximate surface area is 163 Å². The summed E-state index contributed by atoms with van der Waals surface area (Å²) >= 11 is 6.35. The van der Waals surface area contributed by atoms with Crippen molar-refractivity contribution in [2.75, 3.05) is 13.1 Å². The van der Waals surface area contributed by atoms with Gasteiger partial charge in [0, 0.05) is 24.5 Å². The maximum atomic E-state index is 12.3. The molecule has 2 heterocycles. The molecule has 4 nitrogen and oxygen atoms in total. The van der Waals surface area contributed by atoms with E-state index >= 15 is 0 Å². The van der Waals surface area contributed by atoms with Gasteiger partial charge in [-0.2, -0.15) is 0 Å². The van der Waals surface area contributed by atoms with Crippen LogP contribution in [0.3, 0.4) is 0 Å². The molecule has 1 saturated heterocycles. The number of benzene rings is 2. The first-order valence-corrected chi connectivity index (χ1v) is 9.66. The highest BCUT2D eigenvalue weighted by atomic mass is 35.5. The Morgan fingerprint density at radius 1 is 1.26 bits per heavy atom. The maximum absolute atomic E-state index is 12.3. The Hall–Kier alpha value is -2.30. The standard InChI is InChI=1S/C22H22ClNO3/c1-14-6-5-9-24(12-14)13-18-21(26)19(23)10-17-16(11-20(25)27-22(17)18)15-7-3-2-4-8-15/h2-4,7-8,10-11,14,26H,5-6,9,12-13H2,1H3. The molecule has 0 bridgehead atoms. The van der Waals surface area contributed by atoms with E-state index in [1.165, 1.54) is 12.5 Å². The number of piperidine rings is 1. The summed E-state index contributed by atoms with van der Waals surface area (Å²) in [4.78, 5) is 14.6. The molecule has 4 rings (SSSR count). The molecule has 0 spiro atoms. The van der Waals surface area contributed by atoms with Crippen LogP contribution in [-0.4, -0.2) is 23.1 Å². The Bertz CT molecular complexity index is 1030. The zero-order chi connectivity index (χ0) is 19.0. The van der Waals surface area contributed by atoms with E-state index in [2.05, 4.69) is 11.8 Å². The lowest BCUT2D eigenvalue weighted by atomic mass is 9.97. The lowest BCUT2D eigenvalue weighted by Crippen LogP contribution is -2.33. The number of nitrogens with zero attached hydrogens (tertiary/aromatic N) is 1. The van der Waals surface area contributed by atoms with Gasteiger partial charge in [0.1, 0.15) is 11.3 Å². The number of phenols is 1. The number of fused-ring (bicyclic) bond motifs is 1. The van der Waals surface area contributed by atoms with E-state index in [1.54, 1.807) is 6.07 Å². The van der Waals surface area contributed by atoms with E-state index in [0.29, 0.717) is 23.6 Å². The van der Waals surface area contributed by atoms with Crippen LogP contribution in [0.1, 0.15) is 25.3 Å². The second kappa shape index (κ2) is 7.37. The van der Waals surface area contributed by atoms with Crippen LogP contribution in [0.4, 0.5) is 0 Å². The van der Waals surface area contributed by atoms with Crippen LogP contribution in [0.15, 0.2) is 51.7 Å². The molecule has 5 heteroatoms. The average Bonchev–Trinajstić information content (AvgIpc) is 2.66. The summed E-state index contributed by atoms with van der Waals surface area (Å²) in [5.41, 5.74) is 2.24. The fraction of sp³-hybridized carbons (Fsp3) is 0.318. The first kappa shape index (κ1) is 18.1. The highest BCUT2D eigenvalue weighted by molar-refractivity contribution is 6.33. The third-order valence-electron chi connectivity index (χ3n) is 5.26. The zero-order valence-electron chi connectivity index (χ0n) is 15.2. The van der Waals surface area contributed by atoms with Gasteiger partial charge in [0.15, 0.2) is 0 Å². The van der Waals surface area contributed by atoms with Crippen LogP contribution in [-0.2, 0) is 6.54 Å². The lowest BCUT2D eigenvalue weighted by molar-refractivity contribution is 0.175. The van der Waals surface area contributed by atoms with Crippen molar-refractivity contribution in [3.63, 3.8) is 0 Å². The molecule has 1 unspecified atom stereocenters. The molecule has 0 radical (unpaired) electrons. The van der Waals surface area contributed by atoms with Gasteiger partial charge < -0.3 is 9.52 Å². The number of likely N-dealkylation sites (tertiary alicyclic amines) is 1. The summed E-state index contributed by atoms with van der Waals surface area (Å²) in [6.07, 6.45) is 2.34. The number of aromatic hydroxyl groups is 1. The molecule has 27 heavy (non-hydrogen) atoms. The van der Waals surface area contributed by atoms with Crippen molar-refractivity contribution in [2.45, 2.75) is 26.3 Å². The molecule has 1 aliphatic rings. The SMILES string of the molecule is CC1CCCN(Cc2c(O)c(Cl)cc3c(-c4ccccc4)cc(=O)oc23)C1. The van der Waals surface area contributed by atoms with Crippen LogP contribution in [0.5, 0.6) is 5.75 Å². The number of rotatable bonds is 3. The van der Waals surface area contributed by atoms with Crippen molar-refractivity contribution < 1.29 is 9.52 Å². The van der Waals surface area contributed by atoms with Gasteiger partial charge in [-0.25, -0.2) is 4.79 Å². The summed E-state index contributed by atoms with van der Waals surface area (Å²) in [7, 11) is 0. The van der Waals surface area contributed by atoms with Gasteiger partial charge in [0.2, 0.25) is 0 Å². The van der Waals surface area contributed by atoms with E-state index in [1.807, 2.05) is 30.3 Å². The van der Waals surface area contributed by atoms with Gasteiger partial charge in [0.25, 0.3) is 0 Å². The lowest BCUT2D eigenvalue weighted by Gasteiger charge is -2.31. The third kappa shape index (κ3) is 3.60. The summed E-state index contributed by atoms with van der Waals surface area (Å²) in [6.45, 7) is 4.65. The Kier molecular flexibility index (Phi) is 4.94. The predicted octanol–water partition coefficient (Wildman–Crippen LogP) is 5.05. The molecule has 1 aliphatic heterocycles. The van der Waals surface area contributed by atoms with E-state index in [4.69, 9.17) is 16.0 Å². The van der Waals surface area contributed by atoms with Crippen molar-refractivity contribution in [1.82, 2.24) is 4.90 Å². The van der Waals surface area contributed by atoms with E-state index in [9.17, 15) is 9.90 Å². The Morgan fingerprint density at radius 2 is 2.04 bits per heavy atom. The van der Waals surface area contributed by atoms with Crippen LogP contribution >= 0.6 is 11.6 Å². The first-order valence-electron chi connectivity index (χ1n) is 9.29. The van der Waals surface area contributed by atoms with Crippen molar-refractivity contribution in [2.24, 2.45) is 5.92 Å². The highest BCUT2D eigenvalue weighted by Gasteiger charge is 2.22. The van der Waals surface area contributed by atoms with Gasteiger partial charge in [-0.3, -0.25) is 4.90 Å². The molecular formula is C22H22ClNO3. The monoisotopic (exact) mass is 383 g/mol. The second-order valence-electron chi connectivity index (χ2n) is 7.39. The Morgan fingerprint density at radius 3 is 2.78 bits per heavy atom. The molecular weight excluding hydrogens is 362 g/mol. The van der Waals surface area contributed by atoms with Gasteiger partial charge in [0.05, 0.1) is 10.6 Å². The topological polar surface area (TPSA) is 53.7 Å². The van der Waals surface area contributed by atoms with Gasteiger partial charge in [-0.05, 0) is 42.5 Å². The minimum absolute atomic E-state index is 0.00393. The summed E-state index contributed by atoms with van der Waals surface area (Å²) < 4.78 is 5.56. The third-order valence-corrected chi connectivity index (χ3v) is 5.55. The summed E-state index contributed by atoms with van der Waals surface area (Å²) in [5, 5.41) is 11.6. The number of halogens is 1. The predicted molar refractivity (Wildman–Crippen MR) is 108 cm³/mol. The molecule has 0 saturated carbocycles. The molecule has 0 aliphatic carbocycles. The molecule has 1 N–H and O–H groups in total. The van der Waals surface area contributed by atoms with Gasteiger partial charge >= 0.3 is 5.63 Å². The van der Waals surface area contributed by atoms with Crippen LogP contribution < -0.4 is 5.63 Å². The Balaban J connectivity index is 1.89. The number of hydrogen-bond donors (Lipinski definition) is 1. The van der Waals surface area contributed by atoms with E-state index < -0.39 is 5.63 Å². The quantitative estimate of drug-likeness (QED) is 0.643. The van der Waals surface area contributed by atoms with Crippen LogP contribution in [0.2, 0.25) is 5.02 Å². The average molecular weight is 384 g/mol. The fourth-order valence-corrected chi connectivity index (χ4v) is 4.20. The van der Waals surface area contributed by atoms with Crippen molar-refractivity contribution in [3.05, 3.63) is 63.5 Å². The smallest absolute Gasteiger partial charge is 0.336 e. The van der Waals surface area contributed by atoms with Crippen molar-refractivity contribution >= 4 is 22.6 Å². The first-order chi connectivity index (χ1) is 13.0. The molecule has 140 valence electrons. The van der Waals surface area contributed by atoms with Gasteiger partial charge in [-0.15, -0.1) is 0 Å². The second-order valence-corrected chi connectivity index (χ2v) is 7.80. The molecule has 3 aromatic rings. The van der Waals surface area contributed by atoms with Crippen molar-refractivity contribution in [1.29, 1.82) is 0 Å². The summed E-state index contributed by atoms with van der Waals surface area (Å²) in [6, 6.07) is 12.8. The largest absolute Gasteiger partial charge is 0.506 e. The fourth-order valence-electron chi connectivity index (χ4n) is 3.97.